The Morgan fingerprint density at radius 1 is 0.568 bits per heavy atom. The molecule has 14 rings (SSSR count). The summed E-state index contributed by atoms with van der Waals surface area (Å²) in [4.78, 5) is 37.0. The molecule has 6 heterocycles. The first kappa shape index (κ1) is 81.3. The maximum atomic E-state index is 15.4. The number of Topliss-reactive ketones (excluding diaryl/α,β-unsaturated/α-hetero) is 2. The van der Waals surface area contributed by atoms with Gasteiger partial charge in [-0.25, -0.2) is 61.9 Å². The number of sulfone groups is 2. The van der Waals surface area contributed by atoms with E-state index in [0.717, 1.165) is 36.8 Å². The molecule has 35 heteroatoms. The molecule has 111 heavy (non-hydrogen) atoms. The van der Waals surface area contributed by atoms with E-state index in [0.29, 0.717) is 65.6 Å². The Labute approximate surface area is 642 Å². The van der Waals surface area contributed by atoms with Gasteiger partial charge in [0.15, 0.2) is 31.2 Å². The summed E-state index contributed by atoms with van der Waals surface area (Å²) < 4.78 is 228. The van der Waals surface area contributed by atoms with Crippen LogP contribution in [0.4, 0.5) is 52.7 Å². The fourth-order valence-corrected chi connectivity index (χ4v) is 17.1. The highest BCUT2D eigenvalue weighted by Gasteiger charge is 2.68. The van der Waals surface area contributed by atoms with Crippen molar-refractivity contribution >= 4 is 87.8 Å². The highest BCUT2D eigenvalue weighted by molar-refractivity contribution is 7.90. The summed E-state index contributed by atoms with van der Waals surface area (Å²) in [5.74, 6) is -11.1. The summed E-state index contributed by atoms with van der Waals surface area (Å²) in [5.41, 5.74) is 0.154. The van der Waals surface area contributed by atoms with Crippen LogP contribution in [-0.4, -0.2) is 112 Å². The van der Waals surface area contributed by atoms with Crippen molar-refractivity contribution in [3.8, 4) is 46.4 Å². The van der Waals surface area contributed by atoms with Gasteiger partial charge in [-0.3, -0.25) is 28.3 Å². The molecular formula is C76H65Cl3F12N10O8S2. The third-order valence-electron chi connectivity index (χ3n) is 19.4. The third-order valence-corrected chi connectivity index (χ3v) is 21.8. The molecule has 8 atom stereocenters. The van der Waals surface area contributed by atoms with E-state index in [1.54, 1.807) is 45.3 Å². The quantitative estimate of drug-likeness (QED) is 0.0364. The van der Waals surface area contributed by atoms with Crippen molar-refractivity contribution < 1.29 is 89.3 Å². The molecule has 0 spiro atoms. The third kappa shape index (κ3) is 17.1. The van der Waals surface area contributed by atoms with E-state index in [-0.39, 0.29) is 91.6 Å². The maximum absolute atomic E-state index is 15.4. The van der Waals surface area contributed by atoms with Crippen LogP contribution < -0.4 is 0 Å². The Kier molecular flexibility index (Phi) is 22.8. The number of fused-ring (bicyclic) bond motifs is 8. The van der Waals surface area contributed by atoms with Gasteiger partial charge >= 0.3 is 0 Å². The van der Waals surface area contributed by atoms with Gasteiger partial charge in [0.25, 0.3) is 24.7 Å². The monoisotopic (exact) mass is 1640 g/mol. The summed E-state index contributed by atoms with van der Waals surface area (Å²) in [6.07, 6.45) is -2.36. The van der Waals surface area contributed by atoms with E-state index in [1.165, 1.54) is 40.6 Å². The summed E-state index contributed by atoms with van der Waals surface area (Å²) in [6, 6.07) is 18.2. The highest BCUT2D eigenvalue weighted by Crippen LogP contribution is 2.69. The standard InChI is InChI=1S/C38H32ClF6N5O4S.C34H27Cl2F6N5O3S.C4H6O/c1-18(51)4-5-23-6-7-25(26-8-9-29(39)32-30(17-55(3,53)54)47-49(2)35(26)32)33(46-23)20(10-19-11-21(40)14-22(41)12-19)13-24(52)16-50-36-31(34(48-50)37(42)43)27-15-28(27)38(36,44)45;1-46-31-21(3-5-24(35)28(31)25(44-46)14-51(2,49)50)20-4-6-26(36)43-29(20)16(7-15-8-17(37)11-18(38)9-15)10-19(48)13-47-32-27(30(45-47)33(39)40)22-12-23(22)34(32,41)42;1-3-4(2)5/h6-9,11-12,14,18,20,27-28,37,51H,10,13,15-17H2,1-3H3;3-6,8-9,11,16,22-23,33H,7,10,12-14H2,1-2H3;1,4-5H,2H3/t18-,20+,27-,28+;16-,22+,23-;4-/m010/s1. The SMILES string of the molecule is C#C[C@H](C)O.C[C@H](O)C#Cc1ccc(-c2ccc(Cl)c3c(CS(C)(=O)=O)nn(C)c23)c([C@@H](CC(=O)Cn2nc(C(F)F)c3c2C(F)(F)[C@@H]2C[C@H]32)Cc2cc(F)cc(F)c2)n1.Cn1nc(CS(C)(=O)=O)c2c(Cl)ccc(-c3ccc(Cl)nc3[C@@H](CC(=O)Cn3nc(C(F)F)c4c3C(F)(F)[C@@H]3C[C@H]43)Cc3cc(F)cc(F)c3)c21. The molecule has 2 N–H and O–H groups in total. The number of nitrogens with zero attached hydrogens (tertiary/aromatic N) is 10. The van der Waals surface area contributed by atoms with Crippen molar-refractivity contribution in [2.45, 2.75) is 138 Å². The highest BCUT2D eigenvalue weighted by atomic mass is 35.5. The van der Waals surface area contributed by atoms with Crippen LogP contribution in [0.3, 0.4) is 0 Å². The Morgan fingerprint density at radius 3 is 1.32 bits per heavy atom. The van der Waals surface area contributed by atoms with Crippen molar-refractivity contribution in [3.63, 3.8) is 0 Å². The lowest BCUT2D eigenvalue weighted by Gasteiger charge is -2.21. The van der Waals surface area contributed by atoms with Gasteiger partial charge in [0.2, 0.25) is 0 Å². The van der Waals surface area contributed by atoms with Crippen molar-refractivity contribution in [1.29, 1.82) is 0 Å². The first-order valence-corrected chi connectivity index (χ1v) is 39.4. The van der Waals surface area contributed by atoms with Gasteiger partial charge in [-0.05, 0) is 129 Å². The van der Waals surface area contributed by atoms with Crippen molar-refractivity contribution in [3.05, 3.63) is 197 Å². The average Bonchev–Trinajstić information content (AvgIpc) is 1.52. The second-order valence-electron chi connectivity index (χ2n) is 28.1. The molecule has 0 unspecified atom stereocenters. The van der Waals surface area contributed by atoms with E-state index >= 15 is 17.6 Å². The number of aromatic nitrogens is 10. The molecule has 584 valence electrons. The number of benzene rings is 4. The molecule has 4 aromatic carbocycles. The van der Waals surface area contributed by atoms with Crippen molar-refractivity contribution in [2.75, 3.05) is 12.5 Å². The Bertz CT molecular complexity index is 5730. The molecule has 0 radical (unpaired) electrons. The number of aliphatic hydroxyl groups is 2. The molecule has 4 aliphatic rings. The van der Waals surface area contributed by atoms with Gasteiger partial charge in [0, 0.05) is 119 Å². The van der Waals surface area contributed by atoms with Crippen LogP contribution in [0, 0.1) is 59.3 Å². The zero-order chi connectivity index (χ0) is 80.7. The van der Waals surface area contributed by atoms with E-state index in [4.69, 9.17) is 44.9 Å². The second-order valence-corrected chi connectivity index (χ2v) is 33.6. The van der Waals surface area contributed by atoms with Crippen LogP contribution >= 0.6 is 34.8 Å². The normalized spacial score (nSPS) is 18.0. The zero-order valence-corrected chi connectivity index (χ0v) is 63.2. The summed E-state index contributed by atoms with van der Waals surface area (Å²) in [5, 5.41) is 35.4. The van der Waals surface area contributed by atoms with Gasteiger partial charge < -0.3 is 10.2 Å². The van der Waals surface area contributed by atoms with Gasteiger partial charge in [-0.15, -0.1) is 6.42 Å². The summed E-state index contributed by atoms with van der Waals surface area (Å²) in [6.45, 7) is 1.41. The van der Waals surface area contributed by atoms with Crippen molar-refractivity contribution in [1.82, 2.24) is 49.1 Å². The van der Waals surface area contributed by atoms with E-state index in [2.05, 4.69) is 49.6 Å². The largest absolute Gasteiger partial charge is 0.381 e. The van der Waals surface area contributed by atoms with Gasteiger partial charge in [-0.1, -0.05) is 58.8 Å². The maximum Gasteiger partial charge on any atom is 0.293 e. The zero-order valence-electron chi connectivity index (χ0n) is 59.3. The minimum absolute atomic E-state index is 0.00469. The summed E-state index contributed by atoms with van der Waals surface area (Å²) in [7, 11) is -3.93. The average molecular weight is 1640 g/mol. The molecule has 0 aliphatic heterocycles. The minimum Gasteiger partial charge on any atom is -0.381 e. The second kappa shape index (κ2) is 31.1. The first-order chi connectivity index (χ1) is 52.0. The van der Waals surface area contributed by atoms with Gasteiger partial charge in [0.05, 0.1) is 55.4 Å². The topological polar surface area (TPSA) is 240 Å². The molecule has 10 aromatic rings. The molecule has 2 fully saturated rings. The number of carbonyl (C=O) groups is 2. The molecule has 18 nitrogen and oxygen atoms in total. The van der Waals surface area contributed by atoms with E-state index < -0.39 is 187 Å². The number of ketones is 2. The number of aryl methyl sites for hydroxylation is 2. The van der Waals surface area contributed by atoms with Crippen molar-refractivity contribution in [2.24, 2.45) is 25.9 Å². The first-order valence-electron chi connectivity index (χ1n) is 34.1. The predicted octanol–water partition coefficient (Wildman–Crippen LogP) is 15.3. The lowest BCUT2D eigenvalue weighted by Crippen LogP contribution is -2.24. The van der Waals surface area contributed by atoms with Crippen LogP contribution in [0.5, 0.6) is 0 Å². The number of pyridine rings is 2. The van der Waals surface area contributed by atoms with Crippen LogP contribution in [0.25, 0.3) is 44.1 Å². The summed E-state index contributed by atoms with van der Waals surface area (Å²) >= 11 is 19.5. The van der Waals surface area contributed by atoms with E-state index in [9.17, 15) is 66.7 Å². The molecule has 0 bridgehead atoms. The number of halogens is 15. The van der Waals surface area contributed by atoms with Crippen LogP contribution in [0.1, 0.15) is 150 Å². The Hall–Kier alpha value is -9.15. The number of alkyl halides is 8. The number of rotatable bonds is 22. The Morgan fingerprint density at radius 2 is 0.946 bits per heavy atom. The van der Waals surface area contributed by atoms with Crippen LogP contribution in [-0.2, 0) is 92.6 Å². The molecule has 0 saturated heterocycles. The minimum atomic E-state index is -3.56. The van der Waals surface area contributed by atoms with Crippen LogP contribution in [0.15, 0.2) is 84.9 Å². The smallest absolute Gasteiger partial charge is 0.293 e. The van der Waals surface area contributed by atoms with Crippen LogP contribution in [0.2, 0.25) is 15.2 Å². The van der Waals surface area contributed by atoms with Gasteiger partial charge in [-0.2, -0.15) is 38.0 Å². The molecule has 6 aromatic heterocycles. The number of carbonyl (C=O) groups excluding carboxylic acids is 2. The fraction of sp³-hybridized carbons (Fsp3) is 0.368. The molecule has 4 aliphatic carbocycles. The Balaban J connectivity index is 0.000000195. The molecule has 2 saturated carbocycles. The number of hydrogen-bond acceptors (Lipinski definition) is 14. The number of terminal acetylenes is 1. The lowest BCUT2D eigenvalue weighted by molar-refractivity contribution is -0.121. The lowest BCUT2D eigenvalue weighted by atomic mass is 9.86. The number of hydrogen-bond donors (Lipinski definition) is 2. The molecule has 0 amide bonds. The van der Waals surface area contributed by atoms with E-state index in [1.807, 2.05) is 0 Å². The predicted molar refractivity (Wildman–Crippen MR) is 388 cm³/mol. The fourth-order valence-electron chi connectivity index (χ4n) is 15.0. The van der Waals surface area contributed by atoms with Gasteiger partial charge in [0.1, 0.15) is 82.2 Å². The number of aliphatic hydroxyl groups excluding tert-OH is 2. The molecular weight excluding hydrogens is 1580 g/mol.